The van der Waals surface area contributed by atoms with E-state index in [0.717, 1.165) is 0 Å². The highest BCUT2D eigenvalue weighted by molar-refractivity contribution is 9.10. The highest BCUT2D eigenvalue weighted by Gasteiger charge is 2.07. The molecule has 0 spiro atoms. The monoisotopic (exact) mass is 280 g/mol. The topological polar surface area (TPSA) is 37.3 Å². The minimum atomic E-state index is -0.906. The molecule has 0 saturated carbocycles. The molecule has 5 heteroatoms. The Morgan fingerprint density at radius 2 is 2.21 bits per heavy atom. The van der Waals surface area contributed by atoms with Crippen LogP contribution in [0, 0.1) is 5.82 Å². The Morgan fingerprint density at radius 1 is 1.57 bits per heavy atom. The van der Waals surface area contributed by atoms with Crippen LogP contribution in [-0.4, -0.2) is 11.1 Å². The zero-order valence-corrected chi connectivity index (χ0v) is 9.40. The Morgan fingerprint density at radius 3 is 2.71 bits per heavy atom. The molecule has 1 aromatic carbocycles. The van der Waals surface area contributed by atoms with Crippen molar-refractivity contribution in [1.82, 2.24) is 0 Å². The van der Waals surface area contributed by atoms with Gasteiger partial charge in [-0.1, -0.05) is 11.6 Å². The van der Waals surface area contributed by atoms with Gasteiger partial charge in [0.25, 0.3) is 0 Å². The number of hydrogen-bond acceptors (Lipinski definition) is 1. The van der Waals surface area contributed by atoms with Gasteiger partial charge in [-0.3, -0.25) is 4.79 Å². The van der Waals surface area contributed by atoms with Gasteiger partial charge in [-0.2, -0.15) is 0 Å². The highest BCUT2D eigenvalue weighted by atomic mass is 79.9. The van der Waals surface area contributed by atoms with Gasteiger partial charge in [0.15, 0.2) is 0 Å². The minimum Gasteiger partial charge on any atom is -0.481 e. The van der Waals surface area contributed by atoms with Crippen molar-refractivity contribution >= 4 is 33.5 Å². The van der Waals surface area contributed by atoms with Gasteiger partial charge in [0, 0.05) is 10.9 Å². The van der Waals surface area contributed by atoms with Crippen LogP contribution in [0.3, 0.4) is 0 Å². The normalized spacial score (nSPS) is 10.2. The van der Waals surface area contributed by atoms with Crippen LogP contribution in [0.2, 0.25) is 5.02 Å². The summed E-state index contributed by atoms with van der Waals surface area (Å²) < 4.78 is 13.5. The minimum absolute atomic E-state index is 0.0177. The summed E-state index contributed by atoms with van der Waals surface area (Å²) in [5, 5.41) is 8.45. The lowest BCUT2D eigenvalue weighted by Crippen LogP contribution is -1.98. The largest absolute Gasteiger partial charge is 0.481 e. The van der Waals surface area contributed by atoms with Gasteiger partial charge in [-0.05, 0) is 40.0 Å². The van der Waals surface area contributed by atoms with Crippen LogP contribution in [0.15, 0.2) is 16.6 Å². The van der Waals surface area contributed by atoms with Crippen molar-refractivity contribution in [2.24, 2.45) is 0 Å². The van der Waals surface area contributed by atoms with Gasteiger partial charge in [0.2, 0.25) is 0 Å². The molecule has 0 aromatic heterocycles. The fourth-order valence-corrected chi connectivity index (χ4v) is 1.60. The average molecular weight is 282 g/mol. The summed E-state index contributed by atoms with van der Waals surface area (Å²) in [6, 6.07) is 2.87. The highest BCUT2D eigenvalue weighted by Crippen LogP contribution is 2.27. The first-order valence-corrected chi connectivity index (χ1v) is 5.03. The number of hydrogen-bond donors (Lipinski definition) is 1. The van der Waals surface area contributed by atoms with E-state index in [0.29, 0.717) is 16.5 Å². The van der Waals surface area contributed by atoms with Crippen LogP contribution in [0.4, 0.5) is 4.39 Å². The van der Waals surface area contributed by atoms with Crippen molar-refractivity contribution in [2.45, 2.75) is 12.8 Å². The molecule has 0 unspecified atom stereocenters. The van der Waals surface area contributed by atoms with Gasteiger partial charge in [0.1, 0.15) is 5.82 Å². The first-order chi connectivity index (χ1) is 6.50. The molecule has 0 bridgehead atoms. The van der Waals surface area contributed by atoms with Crippen molar-refractivity contribution in [3.63, 3.8) is 0 Å². The van der Waals surface area contributed by atoms with Gasteiger partial charge in [-0.15, -0.1) is 0 Å². The van der Waals surface area contributed by atoms with E-state index in [1.165, 1.54) is 6.07 Å². The van der Waals surface area contributed by atoms with Crippen LogP contribution in [0.5, 0.6) is 0 Å². The molecule has 0 aliphatic rings. The van der Waals surface area contributed by atoms with E-state index in [4.69, 9.17) is 16.7 Å². The number of aryl methyl sites for hydroxylation is 1. The van der Waals surface area contributed by atoms with Crippen molar-refractivity contribution in [3.8, 4) is 0 Å². The van der Waals surface area contributed by atoms with Gasteiger partial charge in [0.05, 0.1) is 5.02 Å². The average Bonchev–Trinajstić information content (AvgIpc) is 2.10. The molecule has 0 radical (unpaired) electrons. The number of benzene rings is 1. The SMILES string of the molecule is O=C(O)CCc1cc(F)c(Cl)c(Br)c1. The zero-order chi connectivity index (χ0) is 10.7. The number of carbonyl (C=O) groups is 1. The van der Waals surface area contributed by atoms with Crippen LogP contribution in [-0.2, 0) is 11.2 Å². The van der Waals surface area contributed by atoms with E-state index >= 15 is 0 Å². The second kappa shape index (κ2) is 4.75. The predicted molar refractivity (Wildman–Crippen MR) is 55.1 cm³/mol. The first-order valence-electron chi connectivity index (χ1n) is 3.86. The van der Waals surface area contributed by atoms with Crippen molar-refractivity contribution in [2.75, 3.05) is 0 Å². The number of carboxylic acid groups (broad SMARTS) is 1. The van der Waals surface area contributed by atoms with Crippen LogP contribution < -0.4 is 0 Å². The molecule has 1 aromatic rings. The van der Waals surface area contributed by atoms with Crippen LogP contribution >= 0.6 is 27.5 Å². The number of carboxylic acids is 1. The molecule has 0 aliphatic carbocycles. The number of halogens is 3. The van der Waals surface area contributed by atoms with Crippen LogP contribution in [0.25, 0.3) is 0 Å². The fraction of sp³-hybridized carbons (Fsp3) is 0.222. The van der Waals surface area contributed by atoms with Gasteiger partial charge in [-0.25, -0.2) is 4.39 Å². The van der Waals surface area contributed by atoms with Crippen molar-refractivity contribution in [3.05, 3.63) is 33.0 Å². The van der Waals surface area contributed by atoms with Gasteiger partial charge >= 0.3 is 5.97 Å². The Kier molecular flexibility index (Phi) is 3.89. The molecule has 0 atom stereocenters. The third-order valence-corrected chi connectivity index (χ3v) is 2.91. The Hall–Kier alpha value is -0.610. The van der Waals surface area contributed by atoms with E-state index < -0.39 is 11.8 Å². The summed E-state index contributed by atoms with van der Waals surface area (Å²) in [4.78, 5) is 10.3. The Bertz CT molecular complexity index is 345. The summed E-state index contributed by atoms with van der Waals surface area (Å²) in [5.41, 5.74) is 0.612. The lowest BCUT2D eigenvalue weighted by atomic mass is 10.1. The second-order valence-corrected chi connectivity index (χ2v) is 4.00. The summed E-state index contributed by atoms with van der Waals surface area (Å²) in [6.45, 7) is 0. The summed E-state index contributed by atoms with van der Waals surface area (Å²) in [7, 11) is 0. The van der Waals surface area contributed by atoms with Crippen molar-refractivity contribution in [1.29, 1.82) is 0 Å². The smallest absolute Gasteiger partial charge is 0.303 e. The zero-order valence-electron chi connectivity index (χ0n) is 7.06. The summed E-state index contributed by atoms with van der Waals surface area (Å²) >= 11 is 8.66. The third-order valence-electron chi connectivity index (χ3n) is 1.67. The molecular formula is C9H7BrClFO2. The molecular weight excluding hydrogens is 274 g/mol. The Balaban J connectivity index is 2.84. The molecule has 0 amide bonds. The lowest BCUT2D eigenvalue weighted by molar-refractivity contribution is -0.136. The first kappa shape index (κ1) is 11.5. The maximum Gasteiger partial charge on any atom is 0.303 e. The molecule has 0 aliphatic heterocycles. The molecule has 1 N–H and O–H groups in total. The fourth-order valence-electron chi connectivity index (χ4n) is 1.00. The maximum atomic E-state index is 13.1. The lowest BCUT2D eigenvalue weighted by Gasteiger charge is -2.02. The third kappa shape index (κ3) is 2.96. The quantitative estimate of drug-likeness (QED) is 0.864. The van der Waals surface area contributed by atoms with Crippen LogP contribution in [0.1, 0.15) is 12.0 Å². The van der Waals surface area contributed by atoms with E-state index in [9.17, 15) is 9.18 Å². The van der Waals surface area contributed by atoms with E-state index in [1.54, 1.807) is 6.07 Å². The number of aliphatic carboxylic acids is 1. The molecule has 0 saturated heterocycles. The summed E-state index contributed by atoms with van der Waals surface area (Å²) in [6.07, 6.45) is 0.273. The molecule has 76 valence electrons. The molecule has 1 rings (SSSR count). The van der Waals surface area contributed by atoms with E-state index in [2.05, 4.69) is 15.9 Å². The number of rotatable bonds is 3. The maximum absolute atomic E-state index is 13.1. The molecule has 0 heterocycles. The molecule has 14 heavy (non-hydrogen) atoms. The van der Waals surface area contributed by atoms with E-state index in [1.807, 2.05) is 0 Å². The molecule has 2 nitrogen and oxygen atoms in total. The Labute approximate surface area is 93.8 Å². The van der Waals surface area contributed by atoms with E-state index in [-0.39, 0.29) is 11.4 Å². The standard InChI is InChI=1S/C9H7BrClFO2/c10-6-3-5(1-2-8(13)14)4-7(12)9(6)11/h3-4H,1-2H2,(H,13,14). The predicted octanol–water partition coefficient (Wildman–Crippen LogP) is 3.26. The van der Waals surface area contributed by atoms with Gasteiger partial charge < -0.3 is 5.11 Å². The second-order valence-electron chi connectivity index (χ2n) is 2.77. The molecule has 0 fully saturated rings. The van der Waals surface area contributed by atoms with Crippen molar-refractivity contribution < 1.29 is 14.3 Å². The summed E-state index contributed by atoms with van der Waals surface area (Å²) in [5.74, 6) is -1.45.